The molecule has 2 fully saturated rings. The van der Waals surface area contributed by atoms with Crippen LogP contribution in [0.2, 0.25) is 0 Å². The van der Waals surface area contributed by atoms with Gasteiger partial charge in [0.25, 0.3) is 0 Å². The Balaban J connectivity index is 1.69. The summed E-state index contributed by atoms with van der Waals surface area (Å²) in [5.74, 6) is 2.30. The fourth-order valence-electron chi connectivity index (χ4n) is 2.93. The average molecular weight is 250 g/mol. The van der Waals surface area contributed by atoms with Crippen LogP contribution in [-0.4, -0.2) is 39.7 Å². The minimum atomic E-state index is 0.265. The van der Waals surface area contributed by atoms with Gasteiger partial charge in [-0.1, -0.05) is 5.16 Å². The summed E-state index contributed by atoms with van der Waals surface area (Å²) in [5.41, 5.74) is 0.265. The topological polar surface area (TPSA) is 54.2 Å². The normalized spacial score (nSPS) is 33.8. The molecule has 0 spiro atoms. The van der Waals surface area contributed by atoms with Gasteiger partial charge in [-0.2, -0.15) is 4.98 Å². The van der Waals surface area contributed by atoms with Crippen LogP contribution < -0.4 is 5.32 Å². The molecule has 3 rings (SSSR count). The van der Waals surface area contributed by atoms with E-state index in [9.17, 15) is 0 Å². The average Bonchev–Trinajstić information content (AvgIpc) is 3.10. The summed E-state index contributed by atoms with van der Waals surface area (Å²) < 4.78 is 5.24. The maximum atomic E-state index is 5.24. The van der Waals surface area contributed by atoms with Gasteiger partial charge in [0.05, 0.1) is 6.54 Å². The quantitative estimate of drug-likeness (QED) is 0.877. The molecule has 100 valence electrons. The van der Waals surface area contributed by atoms with Crippen LogP contribution in [0, 0.1) is 12.8 Å². The highest BCUT2D eigenvalue weighted by Gasteiger charge is 2.45. The number of nitrogens with zero attached hydrogens (tertiary/aromatic N) is 3. The van der Waals surface area contributed by atoms with E-state index in [0.29, 0.717) is 6.04 Å². The van der Waals surface area contributed by atoms with Crippen molar-refractivity contribution in [2.45, 2.75) is 51.7 Å². The third-order valence-electron chi connectivity index (χ3n) is 4.34. The zero-order chi connectivity index (χ0) is 12.8. The van der Waals surface area contributed by atoms with E-state index >= 15 is 0 Å². The molecule has 1 aromatic rings. The first-order valence-electron chi connectivity index (χ1n) is 6.85. The molecule has 18 heavy (non-hydrogen) atoms. The van der Waals surface area contributed by atoms with E-state index in [0.717, 1.165) is 37.3 Å². The van der Waals surface area contributed by atoms with E-state index in [1.165, 1.54) is 12.8 Å². The number of aromatic nitrogens is 2. The van der Waals surface area contributed by atoms with Gasteiger partial charge in [0.1, 0.15) is 0 Å². The highest BCUT2D eigenvalue weighted by atomic mass is 16.5. The summed E-state index contributed by atoms with van der Waals surface area (Å²) in [6, 6.07) is 0.518. The van der Waals surface area contributed by atoms with Crippen LogP contribution in [-0.2, 0) is 6.54 Å². The summed E-state index contributed by atoms with van der Waals surface area (Å²) in [6.45, 7) is 9.35. The molecule has 2 unspecified atom stereocenters. The third-order valence-corrected chi connectivity index (χ3v) is 4.34. The van der Waals surface area contributed by atoms with Crippen molar-refractivity contribution in [2.24, 2.45) is 5.92 Å². The molecular formula is C13H22N4O. The Morgan fingerprint density at radius 2 is 2.28 bits per heavy atom. The van der Waals surface area contributed by atoms with Crippen LogP contribution in [0.15, 0.2) is 4.52 Å². The van der Waals surface area contributed by atoms with Crippen LogP contribution >= 0.6 is 0 Å². The fourth-order valence-corrected chi connectivity index (χ4v) is 2.93. The Morgan fingerprint density at radius 3 is 2.89 bits per heavy atom. The van der Waals surface area contributed by atoms with Crippen LogP contribution in [0.25, 0.3) is 0 Å². The lowest BCUT2D eigenvalue weighted by Gasteiger charge is -2.45. The highest BCUT2D eigenvalue weighted by molar-refractivity contribution is 5.04. The van der Waals surface area contributed by atoms with Crippen molar-refractivity contribution < 1.29 is 4.52 Å². The van der Waals surface area contributed by atoms with Gasteiger partial charge in [0, 0.05) is 24.7 Å². The molecule has 0 radical (unpaired) electrons. The standard InChI is InChI=1S/C13H22N4O/c1-9-6-14-13(3,11-4-5-11)8-17(9)7-12-15-10(2)16-18-12/h9,11,14H,4-8H2,1-3H3. The van der Waals surface area contributed by atoms with Gasteiger partial charge >= 0.3 is 0 Å². The molecule has 2 aliphatic rings. The minimum Gasteiger partial charge on any atom is -0.338 e. The molecule has 0 bridgehead atoms. The monoisotopic (exact) mass is 250 g/mol. The van der Waals surface area contributed by atoms with Gasteiger partial charge in [0.2, 0.25) is 5.89 Å². The number of piperazine rings is 1. The molecule has 0 aromatic carbocycles. The van der Waals surface area contributed by atoms with E-state index < -0.39 is 0 Å². The molecule has 5 nitrogen and oxygen atoms in total. The molecule has 0 amide bonds. The SMILES string of the molecule is Cc1noc(CN2CC(C)(C3CC3)NCC2C)n1. The maximum Gasteiger partial charge on any atom is 0.240 e. The molecule has 1 aliphatic carbocycles. The van der Waals surface area contributed by atoms with Crippen LogP contribution in [0.5, 0.6) is 0 Å². The molecule has 2 heterocycles. The van der Waals surface area contributed by atoms with E-state index in [-0.39, 0.29) is 5.54 Å². The van der Waals surface area contributed by atoms with Crippen LogP contribution in [0.4, 0.5) is 0 Å². The molecule has 1 saturated carbocycles. The first kappa shape index (κ1) is 12.1. The van der Waals surface area contributed by atoms with Crippen molar-refractivity contribution in [1.29, 1.82) is 0 Å². The smallest absolute Gasteiger partial charge is 0.240 e. The Morgan fingerprint density at radius 1 is 1.50 bits per heavy atom. The Bertz CT molecular complexity index is 428. The second-order valence-electron chi connectivity index (χ2n) is 6.06. The summed E-state index contributed by atoms with van der Waals surface area (Å²) in [6.07, 6.45) is 2.73. The lowest BCUT2D eigenvalue weighted by atomic mass is 9.91. The summed E-state index contributed by atoms with van der Waals surface area (Å²) >= 11 is 0. The zero-order valence-electron chi connectivity index (χ0n) is 11.4. The number of rotatable bonds is 3. The lowest BCUT2D eigenvalue weighted by Crippen LogP contribution is -2.62. The third kappa shape index (κ3) is 2.29. The van der Waals surface area contributed by atoms with E-state index in [2.05, 4.69) is 34.2 Å². The fraction of sp³-hybridized carbons (Fsp3) is 0.846. The number of nitrogens with one attached hydrogen (secondary N) is 1. The highest BCUT2D eigenvalue weighted by Crippen LogP contribution is 2.41. The van der Waals surface area contributed by atoms with Gasteiger partial charge < -0.3 is 9.84 Å². The number of hydrogen-bond acceptors (Lipinski definition) is 5. The molecule has 1 saturated heterocycles. The van der Waals surface area contributed by atoms with Gasteiger partial charge in [-0.15, -0.1) is 0 Å². The van der Waals surface area contributed by atoms with Crippen molar-refractivity contribution in [3.8, 4) is 0 Å². The van der Waals surface area contributed by atoms with Gasteiger partial charge in [-0.25, -0.2) is 0 Å². The first-order valence-corrected chi connectivity index (χ1v) is 6.85. The van der Waals surface area contributed by atoms with Gasteiger partial charge in [-0.3, -0.25) is 4.90 Å². The number of aryl methyl sites for hydroxylation is 1. The van der Waals surface area contributed by atoms with Gasteiger partial charge in [0.15, 0.2) is 5.82 Å². The summed E-state index contributed by atoms with van der Waals surface area (Å²) in [7, 11) is 0. The lowest BCUT2D eigenvalue weighted by molar-refractivity contribution is 0.0679. The van der Waals surface area contributed by atoms with Crippen molar-refractivity contribution in [1.82, 2.24) is 20.4 Å². The molecule has 1 aliphatic heterocycles. The van der Waals surface area contributed by atoms with Gasteiger partial charge in [-0.05, 0) is 39.5 Å². The summed E-state index contributed by atoms with van der Waals surface area (Å²) in [5, 5.41) is 7.58. The predicted octanol–water partition coefficient (Wildman–Crippen LogP) is 1.34. The minimum absolute atomic E-state index is 0.265. The zero-order valence-corrected chi connectivity index (χ0v) is 11.4. The Labute approximate surface area is 108 Å². The maximum absolute atomic E-state index is 5.24. The molecule has 5 heteroatoms. The van der Waals surface area contributed by atoms with Crippen LogP contribution in [0.3, 0.4) is 0 Å². The van der Waals surface area contributed by atoms with E-state index in [1.807, 2.05) is 6.92 Å². The van der Waals surface area contributed by atoms with Crippen molar-refractivity contribution in [3.05, 3.63) is 11.7 Å². The van der Waals surface area contributed by atoms with Crippen LogP contribution in [0.1, 0.15) is 38.4 Å². The molecule has 1 aromatic heterocycles. The number of hydrogen-bond donors (Lipinski definition) is 1. The second kappa shape index (κ2) is 4.31. The van der Waals surface area contributed by atoms with Crippen molar-refractivity contribution >= 4 is 0 Å². The molecule has 1 N–H and O–H groups in total. The van der Waals surface area contributed by atoms with Crippen molar-refractivity contribution in [3.63, 3.8) is 0 Å². The Hall–Kier alpha value is -0.940. The second-order valence-corrected chi connectivity index (χ2v) is 6.06. The largest absolute Gasteiger partial charge is 0.338 e. The van der Waals surface area contributed by atoms with E-state index in [4.69, 9.17) is 4.52 Å². The van der Waals surface area contributed by atoms with Crippen molar-refractivity contribution in [2.75, 3.05) is 13.1 Å². The van der Waals surface area contributed by atoms with E-state index in [1.54, 1.807) is 0 Å². The predicted molar refractivity (Wildman–Crippen MR) is 68.0 cm³/mol. The summed E-state index contributed by atoms with van der Waals surface area (Å²) in [4.78, 5) is 6.77. The first-order chi connectivity index (χ1) is 8.57. The molecule has 2 atom stereocenters. The molecular weight excluding hydrogens is 228 g/mol. The Kier molecular flexibility index (Phi) is 2.90.